The molecule has 84 valence electrons. The first-order valence-electron chi connectivity index (χ1n) is 3.62. The Morgan fingerprint density at radius 2 is 1.54 bits per heavy atom. The fourth-order valence-electron chi connectivity index (χ4n) is 0.936. The predicted octanol–water partition coefficient (Wildman–Crippen LogP) is 0.663. The molecule has 1 rings (SSSR count). The van der Waals surface area contributed by atoms with Crippen molar-refractivity contribution in [1.29, 1.82) is 0 Å². The van der Waals surface area contributed by atoms with Gasteiger partial charge >= 0.3 is 49.9 Å². The number of halogens is 2. The van der Waals surface area contributed by atoms with E-state index in [2.05, 4.69) is 38.7 Å². The summed E-state index contributed by atoms with van der Waals surface area (Å²) in [7, 11) is 0. The molecule has 1 fully saturated rings. The van der Waals surface area contributed by atoms with E-state index in [1.165, 1.54) is 0 Å². The van der Waals surface area contributed by atoms with Crippen LogP contribution in [0.5, 0.6) is 0 Å². The Balaban J connectivity index is 0.000000424. The van der Waals surface area contributed by atoms with Crippen molar-refractivity contribution in [2.45, 2.75) is 0 Å². The second-order valence-electron chi connectivity index (χ2n) is 2.77. The van der Waals surface area contributed by atoms with Crippen LogP contribution in [0, 0.1) is 5.41 Å². The molecule has 0 saturated carbocycles. The van der Waals surface area contributed by atoms with Crippen molar-refractivity contribution < 1.29 is 20.7 Å². The third-order valence-electron chi connectivity index (χ3n) is 1.85. The topological polar surface area (TPSA) is 70.5 Å². The average molecular weight is 595 g/mol. The molecule has 0 aliphatic carbocycles. The standard InChI is InChI=1S/C6H14N2O2.2HI.Pt/c7-1-6(2-8)3-9-5-10-4-6;;;/h1-5,7-8H2;2*1H;/q;;;+2/p-2. The minimum absolute atomic E-state index is 0.127. The summed E-state index contributed by atoms with van der Waals surface area (Å²) in [6.07, 6.45) is 0. The van der Waals surface area contributed by atoms with E-state index < -0.39 is 0 Å². The molecule has 1 aliphatic heterocycles. The monoisotopic (exact) mass is 595 g/mol. The second-order valence-corrected chi connectivity index (χ2v) is 19.4. The number of rotatable bonds is 2. The molecule has 0 unspecified atom stereocenters. The van der Waals surface area contributed by atoms with Gasteiger partial charge in [0.1, 0.15) is 6.79 Å². The Labute approximate surface area is 108 Å². The zero-order valence-electron chi connectivity index (χ0n) is 7.08. The van der Waals surface area contributed by atoms with Crippen LogP contribution in [0.3, 0.4) is 0 Å². The van der Waals surface area contributed by atoms with E-state index in [9.17, 15) is 0 Å². The summed E-state index contributed by atoms with van der Waals surface area (Å²) in [6.45, 7) is 2.69. The van der Waals surface area contributed by atoms with Crippen molar-refractivity contribution in [2.24, 2.45) is 16.9 Å². The molecule has 7 heteroatoms. The van der Waals surface area contributed by atoms with Gasteiger partial charge in [-0.2, -0.15) is 0 Å². The van der Waals surface area contributed by atoms with Gasteiger partial charge in [0.25, 0.3) is 0 Å². The van der Waals surface area contributed by atoms with Crippen LogP contribution in [0.25, 0.3) is 0 Å². The zero-order valence-corrected chi connectivity index (χ0v) is 13.7. The summed E-state index contributed by atoms with van der Waals surface area (Å²) >= 11 is 5.30. The molecule has 13 heavy (non-hydrogen) atoms. The number of ether oxygens (including phenoxy) is 2. The van der Waals surface area contributed by atoms with E-state index in [0.717, 1.165) is 0 Å². The van der Waals surface area contributed by atoms with Gasteiger partial charge in [-0.05, 0) is 0 Å². The van der Waals surface area contributed by atoms with E-state index in [1.807, 2.05) is 0 Å². The molecule has 0 amide bonds. The zero-order chi connectivity index (χ0) is 10.2. The molecular weight excluding hydrogens is 581 g/mol. The molecule has 0 radical (unpaired) electrons. The summed E-state index contributed by atoms with van der Waals surface area (Å²) in [5, 5.41) is 0. The normalized spacial score (nSPS) is 20.6. The van der Waals surface area contributed by atoms with E-state index in [4.69, 9.17) is 20.9 Å². The van der Waals surface area contributed by atoms with Crippen LogP contribution in [0.15, 0.2) is 0 Å². The van der Waals surface area contributed by atoms with Gasteiger partial charge in [0, 0.05) is 18.5 Å². The van der Waals surface area contributed by atoms with Gasteiger partial charge in [0.15, 0.2) is 0 Å². The van der Waals surface area contributed by atoms with Crippen molar-refractivity contribution in [3.05, 3.63) is 0 Å². The average Bonchev–Trinajstić information content (AvgIpc) is 2.20. The van der Waals surface area contributed by atoms with Gasteiger partial charge in [-0.1, -0.05) is 0 Å². The van der Waals surface area contributed by atoms with Gasteiger partial charge in [0.05, 0.1) is 13.2 Å². The molecule has 0 bridgehead atoms. The summed E-state index contributed by atoms with van der Waals surface area (Å²) in [5.74, 6) is 0. The van der Waals surface area contributed by atoms with Crippen molar-refractivity contribution in [3.63, 3.8) is 0 Å². The number of nitrogens with two attached hydrogens (primary N) is 2. The van der Waals surface area contributed by atoms with Gasteiger partial charge in [-0.25, -0.2) is 0 Å². The molecule has 4 N–H and O–H groups in total. The number of hydrogen-bond acceptors (Lipinski definition) is 4. The summed E-state index contributed by atoms with van der Waals surface area (Å²) in [5.41, 5.74) is 10.9. The number of hydrogen-bond donors (Lipinski definition) is 2. The Morgan fingerprint density at radius 1 is 1.15 bits per heavy atom. The molecule has 0 aromatic carbocycles. The van der Waals surface area contributed by atoms with Crippen LogP contribution in [0.2, 0.25) is 0 Å². The minimum atomic E-state index is -0.127. The molecule has 1 heterocycles. The third-order valence-corrected chi connectivity index (χ3v) is 1.85. The first-order valence-corrected chi connectivity index (χ1v) is 16.5. The van der Waals surface area contributed by atoms with Crippen molar-refractivity contribution >= 4 is 38.7 Å². The van der Waals surface area contributed by atoms with E-state index >= 15 is 0 Å². The van der Waals surface area contributed by atoms with Crippen LogP contribution >= 0.6 is 38.7 Å². The predicted molar refractivity (Wildman–Crippen MR) is 65.4 cm³/mol. The summed E-state index contributed by atoms with van der Waals surface area (Å²) in [4.78, 5) is 0. The van der Waals surface area contributed by atoms with Crippen molar-refractivity contribution in [1.82, 2.24) is 0 Å². The van der Waals surface area contributed by atoms with Crippen LogP contribution < -0.4 is 11.5 Å². The first kappa shape index (κ1) is 15.0. The Hall–Kier alpha value is 1.99. The van der Waals surface area contributed by atoms with E-state index in [1.54, 1.807) is 0 Å². The molecule has 0 spiro atoms. The summed E-state index contributed by atoms with van der Waals surface area (Å²) in [6, 6.07) is 0. The first-order chi connectivity index (χ1) is 6.24. The third kappa shape index (κ3) is 6.21. The molecule has 0 atom stereocenters. The Bertz CT molecular complexity index is 119. The van der Waals surface area contributed by atoms with Crippen molar-refractivity contribution in [2.75, 3.05) is 33.1 Å². The molecule has 1 aliphatic rings. The van der Waals surface area contributed by atoms with E-state index in [0.29, 0.717) is 44.3 Å². The maximum absolute atomic E-state index is 5.51. The van der Waals surface area contributed by atoms with E-state index in [-0.39, 0.29) is 5.41 Å². The van der Waals surface area contributed by atoms with Gasteiger partial charge < -0.3 is 20.9 Å². The van der Waals surface area contributed by atoms with Crippen LogP contribution in [-0.4, -0.2) is 33.1 Å². The van der Waals surface area contributed by atoms with Gasteiger partial charge in [0.2, 0.25) is 0 Å². The van der Waals surface area contributed by atoms with Crippen molar-refractivity contribution in [3.8, 4) is 0 Å². The summed E-state index contributed by atoms with van der Waals surface area (Å²) < 4.78 is 10.2. The molecule has 4 nitrogen and oxygen atoms in total. The second kappa shape index (κ2) is 9.23. The van der Waals surface area contributed by atoms with Gasteiger partial charge in [-0.3, -0.25) is 0 Å². The van der Waals surface area contributed by atoms with Crippen LogP contribution in [-0.2, 0) is 20.7 Å². The fraction of sp³-hybridized carbons (Fsp3) is 1.00. The molecular formula is C6H14I2N2O2Pt. The fourth-order valence-corrected chi connectivity index (χ4v) is 0.936. The molecule has 1 saturated heterocycles. The quantitative estimate of drug-likeness (QED) is 0.461. The van der Waals surface area contributed by atoms with Crippen LogP contribution in [0.4, 0.5) is 0 Å². The SMILES string of the molecule is NCC1(CN)COCOC1.[I][Pt][I]. The Kier molecular flexibility index (Phi) is 10.6. The maximum atomic E-state index is 5.51. The Morgan fingerprint density at radius 3 is 1.77 bits per heavy atom. The molecule has 0 aromatic heterocycles. The van der Waals surface area contributed by atoms with Crippen LogP contribution in [0.1, 0.15) is 0 Å². The van der Waals surface area contributed by atoms with Gasteiger partial charge in [-0.15, -0.1) is 0 Å². The molecule has 0 aromatic rings.